The summed E-state index contributed by atoms with van der Waals surface area (Å²) in [5, 5.41) is 0. The van der Waals surface area contributed by atoms with Crippen LogP contribution in [0.3, 0.4) is 0 Å². The first kappa shape index (κ1) is 11.0. The summed E-state index contributed by atoms with van der Waals surface area (Å²) in [6, 6.07) is 3.52. The summed E-state index contributed by atoms with van der Waals surface area (Å²) in [7, 11) is 1.47. The van der Waals surface area contributed by atoms with E-state index in [9.17, 15) is 4.39 Å². The highest BCUT2D eigenvalue weighted by atomic mass is 19.1. The van der Waals surface area contributed by atoms with E-state index in [4.69, 9.17) is 10.5 Å². The number of benzene rings is 1. The first-order valence-corrected chi connectivity index (χ1v) is 4.64. The van der Waals surface area contributed by atoms with Gasteiger partial charge in [-0.2, -0.15) is 0 Å². The SMILES string of the molecule is COc1cc(C(C)CN)cc(C)c1F. The molecule has 0 aliphatic rings. The van der Waals surface area contributed by atoms with E-state index < -0.39 is 0 Å². The minimum atomic E-state index is -0.291. The van der Waals surface area contributed by atoms with Crippen LogP contribution in [-0.4, -0.2) is 13.7 Å². The van der Waals surface area contributed by atoms with Crippen LogP contribution in [0.5, 0.6) is 5.75 Å². The van der Waals surface area contributed by atoms with Crippen LogP contribution >= 0.6 is 0 Å². The monoisotopic (exact) mass is 197 g/mol. The second kappa shape index (κ2) is 4.42. The third-order valence-electron chi connectivity index (χ3n) is 2.39. The molecule has 0 aromatic heterocycles. The van der Waals surface area contributed by atoms with Crippen LogP contribution in [0.4, 0.5) is 4.39 Å². The van der Waals surface area contributed by atoms with Gasteiger partial charge in [0.2, 0.25) is 0 Å². The largest absolute Gasteiger partial charge is 0.494 e. The number of hydrogen-bond acceptors (Lipinski definition) is 2. The van der Waals surface area contributed by atoms with Gasteiger partial charge < -0.3 is 10.5 Å². The number of rotatable bonds is 3. The summed E-state index contributed by atoms with van der Waals surface area (Å²) >= 11 is 0. The van der Waals surface area contributed by atoms with Gasteiger partial charge in [-0.05, 0) is 36.6 Å². The molecule has 0 aliphatic heterocycles. The van der Waals surface area contributed by atoms with Crippen LogP contribution in [0.15, 0.2) is 12.1 Å². The Kier molecular flexibility index (Phi) is 3.47. The first-order chi connectivity index (χ1) is 6.60. The second-order valence-electron chi connectivity index (χ2n) is 3.49. The van der Waals surface area contributed by atoms with Crippen molar-refractivity contribution in [1.29, 1.82) is 0 Å². The Morgan fingerprint density at radius 3 is 2.64 bits per heavy atom. The average molecular weight is 197 g/mol. The highest BCUT2D eigenvalue weighted by Gasteiger charge is 2.11. The van der Waals surface area contributed by atoms with Crippen LogP contribution in [0.2, 0.25) is 0 Å². The molecule has 0 amide bonds. The summed E-state index contributed by atoms with van der Waals surface area (Å²) in [5.41, 5.74) is 7.16. The molecule has 1 atom stereocenters. The number of halogens is 1. The summed E-state index contributed by atoms with van der Waals surface area (Å²) in [6.07, 6.45) is 0. The predicted molar refractivity (Wildman–Crippen MR) is 55.2 cm³/mol. The minimum Gasteiger partial charge on any atom is -0.494 e. The topological polar surface area (TPSA) is 35.2 Å². The van der Waals surface area contributed by atoms with Crippen LogP contribution < -0.4 is 10.5 Å². The molecule has 0 fully saturated rings. The predicted octanol–water partition coefficient (Wildman–Crippen LogP) is 2.20. The van der Waals surface area contributed by atoms with Gasteiger partial charge in [0.05, 0.1) is 7.11 Å². The smallest absolute Gasteiger partial charge is 0.167 e. The molecule has 1 aromatic carbocycles. The number of methoxy groups -OCH3 is 1. The zero-order valence-electron chi connectivity index (χ0n) is 8.80. The lowest BCUT2D eigenvalue weighted by molar-refractivity contribution is 0.384. The molecule has 0 saturated heterocycles. The van der Waals surface area contributed by atoms with Crippen molar-refractivity contribution in [2.24, 2.45) is 5.73 Å². The molecule has 14 heavy (non-hydrogen) atoms. The van der Waals surface area contributed by atoms with Crippen molar-refractivity contribution in [3.8, 4) is 5.75 Å². The molecule has 0 spiro atoms. The molecule has 0 saturated carbocycles. The van der Waals surface area contributed by atoms with Crippen molar-refractivity contribution in [2.75, 3.05) is 13.7 Å². The van der Waals surface area contributed by atoms with E-state index in [0.29, 0.717) is 17.9 Å². The molecule has 1 aromatic rings. The first-order valence-electron chi connectivity index (χ1n) is 4.64. The molecule has 1 unspecified atom stereocenters. The summed E-state index contributed by atoms with van der Waals surface area (Å²) in [4.78, 5) is 0. The molecule has 1 rings (SSSR count). The van der Waals surface area contributed by atoms with E-state index in [1.165, 1.54) is 7.11 Å². The molecule has 2 N–H and O–H groups in total. The lowest BCUT2D eigenvalue weighted by Gasteiger charge is -2.12. The molecule has 2 nitrogen and oxygen atoms in total. The van der Waals surface area contributed by atoms with Gasteiger partial charge in [-0.3, -0.25) is 0 Å². The molecule has 78 valence electrons. The number of hydrogen-bond donors (Lipinski definition) is 1. The van der Waals surface area contributed by atoms with Gasteiger partial charge in [-0.1, -0.05) is 13.0 Å². The Hall–Kier alpha value is -1.09. The third kappa shape index (κ3) is 2.04. The van der Waals surface area contributed by atoms with Crippen molar-refractivity contribution in [1.82, 2.24) is 0 Å². The van der Waals surface area contributed by atoms with Gasteiger partial charge in [0.25, 0.3) is 0 Å². The maximum absolute atomic E-state index is 13.4. The van der Waals surface area contributed by atoms with Gasteiger partial charge >= 0.3 is 0 Å². The van der Waals surface area contributed by atoms with E-state index >= 15 is 0 Å². The zero-order valence-corrected chi connectivity index (χ0v) is 8.80. The minimum absolute atomic E-state index is 0.225. The van der Waals surface area contributed by atoms with Crippen LogP contribution in [0.1, 0.15) is 24.0 Å². The van der Waals surface area contributed by atoms with Crippen LogP contribution in [0, 0.1) is 12.7 Å². The molecule has 0 bridgehead atoms. The Labute approximate surface area is 83.9 Å². The standard InChI is InChI=1S/C11H16FNO/c1-7-4-9(8(2)6-13)5-10(14-3)11(7)12/h4-5,8H,6,13H2,1-3H3. The fraction of sp³-hybridized carbons (Fsp3) is 0.455. The molecular weight excluding hydrogens is 181 g/mol. The maximum Gasteiger partial charge on any atom is 0.167 e. The van der Waals surface area contributed by atoms with E-state index in [2.05, 4.69) is 0 Å². The maximum atomic E-state index is 13.4. The van der Waals surface area contributed by atoms with Gasteiger partial charge in [0.15, 0.2) is 11.6 Å². The molecule has 0 radical (unpaired) electrons. The van der Waals surface area contributed by atoms with Gasteiger partial charge in [-0.15, -0.1) is 0 Å². The lowest BCUT2D eigenvalue weighted by Crippen LogP contribution is -2.09. The van der Waals surface area contributed by atoms with E-state index in [0.717, 1.165) is 5.56 Å². The Balaban J connectivity index is 3.16. The van der Waals surface area contributed by atoms with Gasteiger partial charge in [-0.25, -0.2) is 4.39 Å². The van der Waals surface area contributed by atoms with Gasteiger partial charge in [0, 0.05) is 0 Å². The number of aryl methyl sites for hydroxylation is 1. The molecule has 0 aliphatic carbocycles. The van der Waals surface area contributed by atoms with Crippen molar-refractivity contribution in [3.05, 3.63) is 29.1 Å². The second-order valence-corrected chi connectivity index (χ2v) is 3.49. The summed E-state index contributed by atoms with van der Waals surface area (Å²) in [6.45, 7) is 4.28. The average Bonchev–Trinajstić information content (AvgIpc) is 2.20. The summed E-state index contributed by atoms with van der Waals surface area (Å²) in [5.74, 6) is 0.226. The zero-order chi connectivity index (χ0) is 10.7. The Bertz CT molecular complexity index is 325. The van der Waals surface area contributed by atoms with E-state index in [-0.39, 0.29) is 11.7 Å². The van der Waals surface area contributed by atoms with E-state index in [1.54, 1.807) is 13.0 Å². The van der Waals surface area contributed by atoms with E-state index in [1.807, 2.05) is 13.0 Å². The van der Waals surface area contributed by atoms with Crippen molar-refractivity contribution < 1.29 is 9.13 Å². The highest BCUT2D eigenvalue weighted by molar-refractivity contribution is 5.37. The number of nitrogens with two attached hydrogens (primary N) is 1. The fourth-order valence-corrected chi connectivity index (χ4v) is 1.33. The van der Waals surface area contributed by atoms with Crippen molar-refractivity contribution >= 4 is 0 Å². The van der Waals surface area contributed by atoms with Crippen molar-refractivity contribution in [3.63, 3.8) is 0 Å². The quantitative estimate of drug-likeness (QED) is 0.806. The molecule has 3 heteroatoms. The fourth-order valence-electron chi connectivity index (χ4n) is 1.33. The highest BCUT2D eigenvalue weighted by Crippen LogP contribution is 2.26. The molecular formula is C11H16FNO. The molecule has 0 heterocycles. The van der Waals surface area contributed by atoms with Crippen LogP contribution in [-0.2, 0) is 0 Å². The Morgan fingerprint density at radius 1 is 1.50 bits per heavy atom. The number of ether oxygens (including phenoxy) is 1. The summed E-state index contributed by atoms with van der Waals surface area (Å²) < 4.78 is 18.3. The van der Waals surface area contributed by atoms with Crippen LogP contribution in [0.25, 0.3) is 0 Å². The van der Waals surface area contributed by atoms with Gasteiger partial charge in [0.1, 0.15) is 0 Å². The van der Waals surface area contributed by atoms with Crippen molar-refractivity contribution in [2.45, 2.75) is 19.8 Å². The lowest BCUT2D eigenvalue weighted by atomic mass is 9.99. The Morgan fingerprint density at radius 2 is 2.14 bits per heavy atom. The third-order valence-corrected chi connectivity index (χ3v) is 2.39. The normalized spacial score (nSPS) is 12.6.